The van der Waals surface area contributed by atoms with Crippen LogP contribution in [0.5, 0.6) is 0 Å². The van der Waals surface area contributed by atoms with Crippen molar-refractivity contribution in [1.29, 1.82) is 0 Å². The van der Waals surface area contributed by atoms with Crippen molar-refractivity contribution in [2.24, 2.45) is 11.3 Å². The van der Waals surface area contributed by atoms with E-state index in [9.17, 15) is 4.79 Å². The van der Waals surface area contributed by atoms with E-state index in [0.717, 1.165) is 51.9 Å². The van der Waals surface area contributed by atoms with Crippen LogP contribution < -0.4 is 10.6 Å². The van der Waals surface area contributed by atoms with Crippen molar-refractivity contribution in [3.8, 4) is 0 Å². The summed E-state index contributed by atoms with van der Waals surface area (Å²) < 4.78 is 5.42. The number of carbonyl (C=O) groups is 1. The van der Waals surface area contributed by atoms with Crippen LogP contribution in [0.25, 0.3) is 0 Å². The molecule has 0 bridgehead atoms. The molecule has 0 aromatic carbocycles. The molecule has 1 aliphatic carbocycles. The molecule has 1 amide bonds. The zero-order valence-corrected chi connectivity index (χ0v) is 13.6. The number of nitrogens with one attached hydrogen (secondary N) is 2. The number of ether oxygens (including phenoxy) is 1. The monoisotopic (exact) mass is 296 g/mol. The van der Waals surface area contributed by atoms with Gasteiger partial charge in [0.1, 0.15) is 0 Å². The molecule has 0 aromatic heterocycles. The molecule has 1 heterocycles. The highest BCUT2D eigenvalue weighted by molar-refractivity contribution is 5.78. The summed E-state index contributed by atoms with van der Waals surface area (Å²) in [5, 5.41) is 6.65. The fourth-order valence-corrected chi connectivity index (χ4v) is 3.77. The minimum absolute atomic E-state index is 0.136. The van der Waals surface area contributed by atoms with Gasteiger partial charge in [0.2, 0.25) is 5.91 Å². The Kier molecular flexibility index (Phi) is 6.97. The lowest BCUT2D eigenvalue weighted by Crippen LogP contribution is -2.48. The predicted molar refractivity (Wildman–Crippen MR) is 85.2 cm³/mol. The molecule has 2 fully saturated rings. The minimum atomic E-state index is 0.136. The largest absolute Gasteiger partial charge is 0.384 e. The van der Waals surface area contributed by atoms with Crippen LogP contribution >= 0.6 is 0 Å². The molecule has 1 aliphatic heterocycles. The molecule has 2 aliphatic rings. The first-order valence-electron chi connectivity index (χ1n) is 8.73. The van der Waals surface area contributed by atoms with Crippen LogP contribution in [0.15, 0.2) is 0 Å². The average Bonchev–Trinajstić information content (AvgIpc) is 2.46. The number of methoxy groups -OCH3 is 1. The second kappa shape index (κ2) is 8.74. The van der Waals surface area contributed by atoms with Gasteiger partial charge in [-0.25, -0.2) is 0 Å². The van der Waals surface area contributed by atoms with E-state index < -0.39 is 0 Å². The van der Waals surface area contributed by atoms with Gasteiger partial charge in [-0.05, 0) is 38.8 Å². The van der Waals surface area contributed by atoms with Crippen LogP contribution in [-0.4, -0.2) is 39.3 Å². The average molecular weight is 296 g/mol. The van der Waals surface area contributed by atoms with Crippen LogP contribution in [0.3, 0.4) is 0 Å². The van der Waals surface area contributed by atoms with Crippen LogP contribution in [0.2, 0.25) is 0 Å². The van der Waals surface area contributed by atoms with Crippen LogP contribution in [-0.2, 0) is 9.53 Å². The Labute approximate surface area is 129 Å². The third-order valence-electron chi connectivity index (χ3n) is 5.23. The number of amides is 1. The van der Waals surface area contributed by atoms with E-state index in [4.69, 9.17) is 4.74 Å². The molecule has 0 radical (unpaired) electrons. The topological polar surface area (TPSA) is 50.4 Å². The minimum Gasteiger partial charge on any atom is -0.384 e. The number of hydrogen-bond donors (Lipinski definition) is 2. The van der Waals surface area contributed by atoms with Crippen LogP contribution in [0.4, 0.5) is 0 Å². The fourth-order valence-electron chi connectivity index (χ4n) is 3.77. The summed E-state index contributed by atoms with van der Waals surface area (Å²) in [6.07, 6.45) is 10.7. The number of hydrogen-bond acceptors (Lipinski definition) is 3. The zero-order chi connectivity index (χ0) is 15.0. The summed E-state index contributed by atoms with van der Waals surface area (Å²) in [7, 11) is 1.76. The molecule has 122 valence electrons. The third kappa shape index (κ3) is 5.26. The van der Waals surface area contributed by atoms with Crippen molar-refractivity contribution in [1.82, 2.24) is 10.6 Å². The van der Waals surface area contributed by atoms with Gasteiger partial charge in [-0.2, -0.15) is 0 Å². The molecular formula is C17H32N2O2. The molecule has 4 nitrogen and oxygen atoms in total. The van der Waals surface area contributed by atoms with Crippen molar-refractivity contribution in [3.63, 3.8) is 0 Å². The SMILES string of the molecule is COCC1(CNC(=O)C2CCCCCCC2)CCNCC1. The van der Waals surface area contributed by atoms with E-state index >= 15 is 0 Å². The quantitative estimate of drug-likeness (QED) is 0.819. The Bertz CT molecular complexity index is 300. The Hall–Kier alpha value is -0.610. The number of rotatable bonds is 5. The maximum Gasteiger partial charge on any atom is 0.223 e. The zero-order valence-electron chi connectivity index (χ0n) is 13.6. The molecule has 0 unspecified atom stereocenters. The highest BCUT2D eigenvalue weighted by atomic mass is 16.5. The number of piperidine rings is 1. The van der Waals surface area contributed by atoms with Crippen molar-refractivity contribution in [2.45, 2.75) is 57.8 Å². The van der Waals surface area contributed by atoms with Crippen LogP contribution in [0, 0.1) is 11.3 Å². The van der Waals surface area contributed by atoms with E-state index in [0.29, 0.717) is 0 Å². The smallest absolute Gasteiger partial charge is 0.223 e. The van der Waals surface area contributed by atoms with Crippen molar-refractivity contribution in [3.05, 3.63) is 0 Å². The van der Waals surface area contributed by atoms with E-state index in [1.807, 2.05) is 0 Å². The first-order valence-corrected chi connectivity index (χ1v) is 8.73. The van der Waals surface area contributed by atoms with Gasteiger partial charge in [0, 0.05) is 25.0 Å². The Morgan fingerprint density at radius 3 is 2.38 bits per heavy atom. The Balaban J connectivity index is 1.82. The normalized spacial score (nSPS) is 24.0. The molecular weight excluding hydrogens is 264 g/mol. The summed E-state index contributed by atoms with van der Waals surface area (Å²) in [4.78, 5) is 12.5. The number of carbonyl (C=O) groups excluding carboxylic acids is 1. The van der Waals surface area contributed by atoms with E-state index in [1.54, 1.807) is 7.11 Å². The molecule has 4 heteroatoms. The molecule has 0 spiro atoms. The standard InChI is InChI=1S/C17H32N2O2/c1-21-14-17(9-11-18-12-10-17)13-19-16(20)15-7-5-3-2-4-6-8-15/h15,18H,2-14H2,1H3,(H,19,20). The molecule has 0 aromatic rings. The van der Waals surface area contributed by atoms with Gasteiger partial charge < -0.3 is 15.4 Å². The maximum absolute atomic E-state index is 12.5. The second-order valence-electron chi connectivity index (χ2n) is 6.94. The highest BCUT2D eigenvalue weighted by Crippen LogP contribution is 2.29. The summed E-state index contributed by atoms with van der Waals surface area (Å²) >= 11 is 0. The van der Waals surface area contributed by atoms with Crippen molar-refractivity contribution >= 4 is 5.91 Å². The second-order valence-corrected chi connectivity index (χ2v) is 6.94. The van der Waals surface area contributed by atoms with Crippen molar-refractivity contribution < 1.29 is 9.53 Å². The molecule has 1 saturated carbocycles. The van der Waals surface area contributed by atoms with Crippen LogP contribution in [0.1, 0.15) is 57.8 Å². The molecule has 2 rings (SSSR count). The lowest BCUT2D eigenvalue weighted by molar-refractivity contribution is -0.126. The molecule has 1 saturated heterocycles. The Morgan fingerprint density at radius 2 is 1.76 bits per heavy atom. The van der Waals surface area contributed by atoms with Gasteiger partial charge in [0.15, 0.2) is 0 Å². The highest BCUT2D eigenvalue weighted by Gasteiger charge is 2.33. The van der Waals surface area contributed by atoms with Gasteiger partial charge >= 0.3 is 0 Å². The van der Waals surface area contributed by atoms with E-state index in [1.165, 1.54) is 32.1 Å². The maximum atomic E-state index is 12.5. The first-order chi connectivity index (χ1) is 10.3. The predicted octanol–water partition coefficient (Wildman–Crippen LogP) is 2.48. The van der Waals surface area contributed by atoms with E-state index in [2.05, 4.69) is 10.6 Å². The van der Waals surface area contributed by atoms with E-state index in [-0.39, 0.29) is 17.2 Å². The van der Waals surface area contributed by atoms with Gasteiger partial charge in [-0.3, -0.25) is 4.79 Å². The Morgan fingerprint density at radius 1 is 1.14 bits per heavy atom. The third-order valence-corrected chi connectivity index (χ3v) is 5.23. The van der Waals surface area contributed by atoms with Gasteiger partial charge in [0.05, 0.1) is 6.61 Å². The molecule has 2 N–H and O–H groups in total. The van der Waals surface area contributed by atoms with Gasteiger partial charge in [0.25, 0.3) is 0 Å². The summed E-state index contributed by atoms with van der Waals surface area (Å²) in [6.45, 7) is 3.59. The lowest BCUT2D eigenvalue weighted by Gasteiger charge is -2.37. The summed E-state index contributed by atoms with van der Waals surface area (Å²) in [5.41, 5.74) is 0.136. The first kappa shape index (κ1) is 16.8. The summed E-state index contributed by atoms with van der Waals surface area (Å²) in [6, 6.07) is 0. The molecule has 0 atom stereocenters. The lowest BCUT2D eigenvalue weighted by atomic mass is 9.79. The van der Waals surface area contributed by atoms with Gasteiger partial charge in [-0.1, -0.05) is 32.1 Å². The van der Waals surface area contributed by atoms with Crippen molar-refractivity contribution in [2.75, 3.05) is 33.4 Å². The molecule has 21 heavy (non-hydrogen) atoms. The van der Waals surface area contributed by atoms with Gasteiger partial charge in [-0.15, -0.1) is 0 Å². The summed E-state index contributed by atoms with van der Waals surface area (Å²) in [5.74, 6) is 0.525. The fraction of sp³-hybridized carbons (Fsp3) is 0.941.